The van der Waals surface area contributed by atoms with Crippen molar-refractivity contribution in [2.75, 3.05) is 12.4 Å². The number of hydrogen-bond donors (Lipinski definition) is 0. The van der Waals surface area contributed by atoms with Crippen molar-refractivity contribution < 1.29 is 8.95 Å². The monoisotopic (exact) mass is 251 g/mol. The Morgan fingerprint density at radius 3 is 2.53 bits per heavy atom. The molecule has 0 spiro atoms. The van der Waals surface area contributed by atoms with Gasteiger partial charge in [-0.05, 0) is 17.7 Å². The van der Waals surface area contributed by atoms with Gasteiger partial charge in [0.15, 0.2) is 0 Å². The Morgan fingerprint density at radius 2 is 2.00 bits per heavy atom. The van der Waals surface area contributed by atoms with Crippen LogP contribution in [0.2, 0.25) is 0 Å². The molecule has 0 N–H and O–H groups in total. The highest BCUT2D eigenvalue weighted by Crippen LogP contribution is 2.12. The van der Waals surface area contributed by atoms with E-state index in [1.807, 2.05) is 38.1 Å². The van der Waals surface area contributed by atoms with Crippen molar-refractivity contribution in [3.05, 3.63) is 29.8 Å². The topological polar surface area (TPSA) is 50.1 Å². The number of benzene rings is 1. The maximum absolute atomic E-state index is 11.5. The van der Waals surface area contributed by atoms with Crippen LogP contribution >= 0.6 is 0 Å². The SMILES string of the molecule is CC(C)S(=O)CCOc1ccc(CC#N)cc1. The standard InChI is InChI=1S/C13H17NO2S/c1-11(2)17(15)10-9-16-13-5-3-12(4-6-13)7-8-14/h3-6,11H,7,9-10H2,1-2H3. The molecule has 3 nitrogen and oxygen atoms in total. The quantitative estimate of drug-likeness (QED) is 0.779. The van der Waals surface area contributed by atoms with E-state index < -0.39 is 10.8 Å². The molecule has 0 saturated carbocycles. The minimum absolute atomic E-state index is 0.177. The summed E-state index contributed by atoms with van der Waals surface area (Å²) < 4.78 is 17.0. The molecule has 1 aromatic rings. The first-order valence-electron chi connectivity index (χ1n) is 5.59. The highest BCUT2D eigenvalue weighted by Gasteiger charge is 2.04. The Hall–Kier alpha value is -1.34. The number of nitrogens with zero attached hydrogens (tertiary/aromatic N) is 1. The molecule has 4 heteroatoms. The van der Waals surface area contributed by atoms with E-state index in [2.05, 4.69) is 6.07 Å². The smallest absolute Gasteiger partial charge is 0.119 e. The molecule has 92 valence electrons. The van der Waals surface area contributed by atoms with E-state index in [1.54, 1.807) is 0 Å². The van der Waals surface area contributed by atoms with Gasteiger partial charge in [0.1, 0.15) is 5.75 Å². The van der Waals surface area contributed by atoms with Crippen LogP contribution in [0.25, 0.3) is 0 Å². The summed E-state index contributed by atoms with van der Waals surface area (Å²) in [4.78, 5) is 0. The van der Waals surface area contributed by atoms with Gasteiger partial charge in [0, 0.05) is 16.0 Å². The van der Waals surface area contributed by atoms with Crippen molar-refractivity contribution in [1.82, 2.24) is 0 Å². The summed E-state index contributed by atoms with van der Waals surface area (Å²) in [5.41, 5.74) is 0.977. The average molecular weight is 251 g/mol. The van der Waals surface area contributed by atoms with Crippen LogP contribution in [-0.4, -0.2) is 21.8 Å². The number of hydrogen-bond acceptors (Lipinski definition) is 3. The zero-order valence-electron chi connectivity index (χ0n) is 10.2. The fraction of sp³-hybridized carbons (Fsp3) is 0.462. The van der Waals surface area contributed by atoms with Crippen LogP contribution in [0.5, 0.6) is 5.75 Å². The van der Waals surface area contributed by atoms with E-state index in [4.69, 9.17) is 10.00 Å². The molecular formula is C13H17NO2S. The van der Waals surface area contributed by atoms with E-state index in [-0.39, 0.29) is 5.25 Å². The van der Waals surface area contributed by atoms with Crippen LogP contribution in [0, 0.1) is 11.3 Å². The van der Waals surface area contributed by atoms with Gasteiger partial charge >= 0.3 is 0 Å². The summed E-state index contributed by atoms with van der Waals surface area (Å²) in [6.07, 6.45) is 0.414. The predicted molar refractivity (Wildman–Crippen MR) is 69.4 cm³/mol. The Labute approximate surface area is 105 Å². The molecule has 0 radical (unpaired) electrons. The first-order chi connectivity index (χ1) is 8.13. The van der Waals surface area contributed by atoms with Gasteiger partial charge in [0.25, 0.3) is 0 Å². The molecule has 0 heterocycles. The molecule has 0 fully saturated rings. The fourth-order valence-electron chi connectivity index (χ4n) is 1.27. The van der Waals surface area contributed by atoms with Crippen LogP contribution in [0.1, 0.15) is 19.4 Å². The summed E-state index contributed by atoms with van der Waals surface area (Å²) in [6.45, 7) is 4.34. The van der Waals surface area contributed by atoms with Crippen molar-refractivity contribution in [2.45, 2.75) is 25.5 Å². The van der Waals surface area contributed by atoms with Gasteiger partial charge < -0.3 is 4.74 Å². The third kappa shape index (κ3) is 5.01. The molecule has 1 aromatic carbocycles. The lowest BCUT2D eigenvalue weighted by atomic mass is 10.2. The predicted octanol–water partition coefficient (Wildman–Crippen LogP) is 2.29. The van der Waals surface area contributed by atoms with Gasteiger partial charge in [-0.1, -0.05) is 26.0 Å². The normalized spacial score (nSPS) is 12.1. The Balaban J connectivity index is 2.38. The zero-order valence-corrected chi connectivity index (χ0v) is 11.0. The van der Waals surface area contributed by atoms with Crippen molar-refractivity contribution >= 4 is 10.8 Å². The molecule has 1 rings (SSSR count). The lowest BCUT2D eigenvalue weighted by Gasteiger charge is -2.08. The Kier molecular flexibility index (Phi) is 5.71. The largest absolute Gasteiger partial charge is 0.493 e. The lowest BCUT2D eigenvalue weighted by molar-refractivity contribution is 0.342. The van der Waals surface area contributed by atoms with Gasteiger partial charge in [0.2, 0.25) is 0 Å². The maximum atomic E-state index is 11.5. The highest BCUT2D eigenvalue weighted by atomic mass is 32.2. The average Bonchev–Trinajstić information content (AvgIpc) is 2.31. The van der Waals surface area contributed by atoms with E-state index in [9.17, 15) is 4.21 Å². The maximum Gasteiger partial charge on any atom is 0.119 e. The first kappa shape index (κ1) is 13.7. The minimum Gasteiger partial charge on any atom is -0.493 e. The molecule has 0 aromatic heterocycles. The molecule has 0 aliphatic rings. The Bertz CT molecular complexity index is 406. The number of nitriles is 1. The fourth-order valence-corrected chi connectivity index (χ4v) is 1.99. The molecule has 1 unspecified atom stereocenters. The van der Waals surface area contributed by atoms with Crippen molar-refractivity contribution in [3.63, 3.8) is 0 Å². The van der Waals surface area contributed by atoms with Gasteiger partial charge in [0.05, 0.1) is 24.8 Å². The molecule has 17 heavy (non-hydrogen) atoms. The molecule has 0 aliphatic carbocycles. The van der Waals surface area contributed by atoms with Crippen LogP contribution < -0.4 is 4.74 Å². The molecule has 1 atom stereocenters. The van der Waals surface area contributed by atoms with Crippen molar-refractivity contribution in [1.29, 1.82) is 5.26 Å². The second-order valence-electron chi connectivity index (χ2n) is 3.96. The summed E-state index contributed by atoms with van der Waals surface area (Å²) >= 11 is 0. The summed E-state index contributed by atoms with van der Waals surface area (Å²) in [5, 5.41) is 8.71. The van der Waals surface area contributed by atoms with E-state index in [0.717, 1.165) is 11.3 Å². The molecule has 0 amide bonds. The number of ether oxygens (including phenoxy) is 1. The summed E-state index contributed by atoms with van der Waals surface area (Å²) in [6, 6.07) is 9.52. The van der Waals surface area contributed by atoms with Crippen LogP contribution in [0.3, 0.4) is 0 Å². The van der Waals surface area contributed by atoms with E-state index in [0.29, 0.717) is 18.8 Å². The first-order valence-corrected chi connectivity index (χ1v) is 6.97. The van der Waals surface area contributed by atoms with Crippen LogP contribution in [0.15, 0.2) is 24.3 Å². The van der Waals surface area contributed by atoms with Gasteiger partial charge in [-0.3, -0.25) is 4.21 Å². The minimum atomic E-state index is -0.821. The second kappa shape index (κ2) is 7.08. The van der Waals surface area contributed by atoms with Crippen LogP contribution in [-0.2, 0) is 17.2 Å². The number of rotatable bonds is 6. The van der Waals surface area contributed by atoms with Crippen molar-refractivity contribution in [3.8, 4) is 11.8 Å². The molecule has 0 saturated heterocycles. The zero-order chi connectivity index (χ0) is 12.7. The molecular weight excluding hydrogens is 234 g/mol. The summed E-state index contributed by atoms with van der Waals surface area (Å²) in [5.74, 6) is 1.31. The van der Waals surface area contributed by atoms with Gasteiger partial charge in [-0.15, -0.1) is 0 Å². The second-order valence-corrected chi connectivity index (χ2v) is 6.07. The summed E-state index contributed by atoms with van der Waals surface area (Å²) in [7, 11) is -0.821. The lowest BCUT2D eigenvalue weighted by Crippen LogP contribution is -2.15. The van der Waals surface area contributed by atoms with Crippen molar-refractivity contribution in [2.24, 2.45) is 0 Å². The highest BCUT2D eigenvalue weighted by molar-refractivity contribution is 7.85. The molecule has 0 bridgehead atoms. The molecule has 0 aliphatic heterocycles. The van der Waals surface area contributed by atoms with E-state index >= 15 is 0 Å². The van der Waals surface area contributed by atoms with Gasteiger partial charge in [-0.2, -0.15) is 5.26 Å². The van der Waals surface area contributed by atoms with E-state index in [1.165, 1.54) is 0 Å². The van der Waals surface area contributed by atoms with Gasteiger partial charge in [-0.25, -0.2) is 0 Å². The van der Waals surface area contributed by atoms with Crippen LogP contribution in [0.4, 0.5) is 0 Å². The third-order valence-electron chi connectivity index (χ3n) is 2.29. The Morgan fingerprint density at radius 1 is 1.35 bits per heavy atom. The third-order valence-corrected chi connectivity index (χ3v) is 3.91.